The van der Waals surface area contributed by atoms with Gasteiger partial charge in [0.15, 0.2) is 0 Å². The van der Waals surface area contributed by atoms with Crippen LogP contribution >= 0.6 is 15.9 Å². The molecule has 0 aliphatic rings. The molecular formula is C13H19BrN2O. The van der Waals surface area contributed by atoms with Gasteiger partial charge >= 0.3 is 6.03 Å². The second-order valence-corrected chi connectivity index (χ2v) is 4.70. The van der Waals surface area contributed by atoms with Crippen LogP contribution in [0.15, 0.2) is 28.7 Å². The zero-order valence-corrected chi connectivity index (χ0v) is 12.0. The van der Waals surface area contributed by atoms with Gasteiger partial charge in [-0.25, -0.2) is 4.79 Å². The van der Waals surface area contributed by atoms with Crippen LogP contribution in [0.1, 0.15) is 19.4 Å². The van der Waals surface area contributed by atoms with Crippen molar-refractivity contribution >= 4 is 22.0 Å². The van der Waals surface area contributed by atoms with E-state index in [1.165, 1.54) is 5.56 Å². The first-order chi connectivity index (χ1) is 8.17. The van der Waals surface area contributed by atoms with Crippen molar-refractivity contribution in [3.63, 3.8) is 0 Å². The van der Waals surface area contributed by atoms with E-state index in [0.717, 1.165) is 24.0 Å². The van der Waals surface area contributed by atoms with Gasteiger partial charge in [0.25, 0.3) is 0 Å². The lowest BCUT2D eigenvalue weighted by Gasteiger charge is -2.19. The Morgan fingerprint density at radius 3 is 2.65 bits per heavy atom. The van der Waals surface area contributed by atoms with Crippen LogP contribution in [0.4, 0.5) is 4.79 Å². The van der Waals surface area contributed by atoms with Gasteiger partial charge in [-0.2, -0.15) is 0 Å². The lowest BCUT2D eigenvalue weighted by Crippen LogP contribution is -2.40. The third-order valence-electron chi connectivity index (χ3n) is 2.63. The molecule has 2 amide bonds. The average Bonchev–Trinajstić information content (AvgIpc) is 2.30. The van der Waals surface area contributed by atoms with Gasteiger partial charge in [0.05, 0.1) is 0 Å². The summed E-state index contributed by atoms with van der Waals surface area (Å²) in [5.41, 5.74) is 1.22. The van der Waals surface area contributed by atoms with Gasteiger partial charge < -0.3 is 10.2 Å². The maximum Gasteiger partial charge on any atom is 0.317 e. The largest absolute Gasteiger partial charge is 0.338 e. The molecule has 3 nitrogen and oxygen atoms in total. The number of urea groups is 1. The van der Waals surface area contributed by atoms with Gasteiger partial charge in [0, 0.05) is 24.1 Å². The Balaban J connectivity index is 2.35. The molecule has 0 spiro atoms. The van der Waals surface area contributed by atoms with Gasteiger partial charge in [0.1, 0.15) is 0 Å². The molecule has 0 radical (unpaired) electrons. The van der Waals surface area contributed by atoms with E-state index in [2.05, 4.69) is 33.4 Å². The minimum atomic E-state index is 0.0185. The second kappa shape index (κ2) is 7.33. The molecule has 0 bridgehead atoms. The Morgan fingerprint density at radius 2 is 2.06 bits per heavy atom. The maximum atomic E-state index is 11.7. The molecule has 94 valence electrons. The van der Waals surface area contributed by atoms with Crippen LogP contribution in [0.2, 0.25) is 0 Å². The Bertz CT molecular complexity index is 364. The Kier molecular flexibility index (Phi) is 6.05. The zero-order valence-electron chi connectivity index (χ0n) is 10.4. The Morgan fingerprint density at radius 1 is 1.35 bits per heavy atom. The standard InChI is InChI=1S/C13H19BrN2O/c1-3-16(4-2)13(17)15-9-8-11-6-5-7-12(14)10-11/h5-7,10H,3-4,8-9H2,1-2H3,(H,15,17). The highest BCUT2D eigenvalue weighted by atomic mass is 79.9. The molecule has 1 rings (SSSR count). The molecule has 1 aromatic rings. The quantitative estimate of drug-likeness (QED) is 0.890. The normalized spacial score (nSPS) is 10.1. The molecule has 0 fully saturated rings. The van der Waals surface area contributed by atoms with E-state index in [1.807, 2.05) is 26.0 Å². The fourth-order valence-electron chi connectivity index (χ4n) is 1.63. The third kappa shape index (κ3) is 4.77. The predicted octanol–water partition coefficient (Wildman–Crippen LogP) is 3.04. The molecule has 0 unspecified atom stereocenters. The van der Waals surface area contributed by atoms with Gasteiger partial charge in [-0.15, -0.1) is 0 Å². The van der Waals surface area contributed by atoms with Crippen molar-refractivity contribution in [3.05, 3.63) is 34.3 Å². The summed E-state index contributed by atoms with van der Waals surface area (Å²) in [5.74, 6) is 0. The van der Waals surface area contributed by atoms with Crippen LogP contribution < -0.4 is 5.32 Å². The van der Waals surface area contributed by atoms with Crippen LogP contribution in [0.5, 0.6) is 0 Å². The van der Waals surface area contributed by atoms with Gasteiger partial charge in [-0.1, -0.05) is 28.1 Å². The van der Waals surface area contributed by atoms with Crippen molar-refractivity contribution in [2.45, 2.75) is 20.3 Å². The predicted molar refractivity (Wildman–Crippen MR) is 74.2 cm³/mol. The van der Waals surface area contributed by atoms with Crippen molar-refractivity contribution in [2.24, 2.45) is 0 Å². The minimum Gasteiger partial charge on any atom is -0.338 e. The van der Waals surface area contributed by atoms with Crippen molar-refractivity contribution in [3.8, 4) is 0 Å². The van der Waals surface area contributed by atoms with E-state index in [1.54, 1.807) is 4.90 Å². The summed E-state index contributed by atoms with van der Waals surface area (Å²) in [5, 5.41) is 2.92. The number of carbonyl (C=O) groups is 1. The molecule has 0 aliphatic heterocycles. The summed E-state index contributed by atoms with van der Waals surface area (Å²) >= 11 is 3.43. The van der Waals surface area contributed by atoms with Crippen LogP contribution in [-0.2, 0) is 6.42 Å². The lowest BCUT2D eigenvalue weighted by molar-refractivity contribution is 0.203. The molecular weight excluding hydrogens is 280 g/mol. The molecule has 17 heavy (non-hydrogen) atoms. The molecule has 0 saturated carbocycles. The summed E-state index contributed by atoms with van der Waals surface area (Å²) < 4.78 is 1.07. The van der Waals surface area contributed by atoms with Crippen molar-refractivity contribution < 1.29 is 4.79 Å². The van der Waals surface area contributed by atoms with Crippen LogP contribution in [0, 0.1) is 0 Å². The molecule has 0 atom stereocenters. The fourth-order valence-corrected chi connectivity index (χ4v) is 2.08. The van der Waals surface area contributed by atoms with Gasteiger partial charge in [-0.3, -0.25) is 0 Å². The number of rotatable bonds is 5. The van der Waals surface area contributed by atoms with E-state index < -0.39 is 0 Å². The van der Waals surface area contributed by atoms with Crippen molar-refractivity contribution in [2.75, 3.05) is 19.6 Å². The monoisotopic (exact) mass is 298 g/mol. The van der Waals surface area contributed by atoms with E-state index >= 15 is 0 Å². The number of halogens is 1. The number of benzene rings is 1. The number of carbonyl (C=O) groups excluding carboxylic acids is 1. The average molecular weight is 299 g/mol. The van der Waals surface area contributed by atoms with Crippen LogP contribution in [0.3, 0.4) is 0 Å². The zero-order chi connectivity index (χ0) is 12.7. The number of nitrogens with zero attached hydrogens (tertiary/aromatic N) is 1. The smallest absolute Gasteiger partial charge is 0.317 e. The molecule has 0 saturated heterocycles. The SMILES string of the molecule is CCN(CC)C(=O)NCCc1cccc(Br)c1. The first-order valence-corrected chi connectivity index (χ1v) is 6.73. The third-order valence-corrected chi connectivity index (χ3v) is 3.12. The highest BCUT2D eigenvalue weighted by Gasteiger charge is 2.07. The van der Waals surface area contributed by atoms with E-state index in [9.17, 15) is 4.79 Å². The van der Waals surface area contributed by atoms with Crippen LogP contribution in [-0.4, -0.2) is 30.6 Å². The molecule has 0 heterocycles. The lowest BCUT2D eigenvalue weighted by atomic mass is 10.1. The van der Waals surface area contributed by atoms with Crippen molar-refractivity contribution in [1.29, 1.82) is 0 Å². The number of nitrogens with one attached hydrogen (secondary N) is 1. The van der Waals surface area contributed by atoms with Gasteiger partial charge in [-0.05, 0) is 38.0 Å². The summed E-state index contributed by atoms with van der Waals surface area (Å²) in [6, 6.07) is 8.16. The molecule has 0 aromatic heterocycles. The highest BCUT2D eigenvalue weighted by molar-refractivity contribution is 9.10. The summed E-state index contributed by atoms with van der Waals surface area (Å²) in [6.45, 7) is 6.14. The summed E-state index contributed by atoms with van der Waals surface area (Å²) in [6.07, 6.45) is 0.854. The number of hydrogen-bond donors (Lipinski definition) is 1. The number of hydrogen-bond acceptors (Lipinski definition) is 1. The van der Waals surface area contributed by atoms with E-state index in [-0.39, 0.29) is 6.03 Å². The maximum absolute atomic E-state index is 11.7. The van der Waals surface area contributed by atoms with Crippen LogP contribution in [0.25, 0.3) is 0 Å². The Labute approximate surface area is 111 Å². The summed E-state index contributed by atoms with van der Waals surface area (Å²) in [4.78, 5) is 13.4. The fraction of sp³-hybridized carbons (Fsp3) is 0.462. The molecule has 1 N–H and O–H groups in total. The molecule has 4 heteroatoms. The van der Waals surface area contributed by atoms with E-state index in [0.29, 0.717) is 6.54 Å². The first-order valence-electron chi connectivity index (χ1n) is 5.94. The van der Waals surface area contributed by atoms with Gasteiger partial charge in [0.2, 0.25) is 0 Å². The first kappa shape index (κ1) is 14.0. The molecule has 0 aliphatic carbocycles. The highest BCUT2D eigenvalue weighted by Crippen LogP contribution is 2.11. The topological polar surface area (TPSA) is 32.3 Å². The van der Waals surface area contributed by atoms with Crippen molar-refractivity contribution in [1.82, 2.24) is 10.2 Å². The molecule has 1 aromatic carbocycles. The second-order valence-electron chi connectivity index (χ2n) is 3.78. The van der Waals surface area contributed by atoms with E-state index in [4.69, 9.17) is 0 Å². The minimum absolute atomic E-state index is 0.0185. The summed E-state index contributed by atoms with van der Waals surface area (Å²) in [7, 11) is 0. The number of amides is 2. The Hall–Kier alpha value is -1.03.